The normalized spacial score (nSPS) is 11.0. The van der Waals surface area contributed by atoms with Gasteiger partial charge >= 0.3 is 0 Å². The molecule has 0 bridgehead atoms. The molecule has 0 aliphatic carbocycles. The topological polar surface area (TPSA) is 73.1 Å². The number of hydrogen-bond donors (Lipinski definition) is 0. The summed E-state index contributed by atoms with van der Waals surface area (Å²) < 4.78 is 7.86. The Hall–Kier alpha value is -2.97. The maximum absolute atomic E-state index is 13.4. The summed E-state index contributed by atoms with van der Waals surface area (Å²) in [5.74, 6) is 0.372. The van der Waals surface area contributed by atoms with Crippen molar-refractivity contribution in [1.29, 1.82) is 0 Å². The van der Waals surface area contributed by atoms with Crippen molar-refractivity contribution in [1.82, 2.24) is 19.7 Å². The minimum absolute atomic E-state index is 0.236. The van der Waals surface area contributed by atoms with E-state index in [0.717, 1.165) is 16.0 Å². The van der Waals surface area contributed by atoms with Gasteiger partial charge in [-0.2, -0.15) is 5.10 Å². The van der Waals surface area contributed by atoms with Gasteiger partial charge in [0.05, 0.1) is 23.4 Å². The molecule has 1 aromatic carbocycles. The molecule has 7 nitrogen and oxygen atoms in total. The highest BCUT2D eigenvalue weighted by Gasteiger charge is 2.25. The third-order valence-corrected chi connectivity index (χ3v) is 6.10. The van der Waals surface area contributed by atoms with Gasteiger partial charge in [-0.1, -0.05) is 22.9 Å². The molecule has 0 aliphatic heterocycles. The lowest BCUT2D eigenvalue weighted by Gasteiger charge is -2.18. The maximum atomic E-state index is 13.4. The van der Waals surface area contributed by atoms with Crippen molar-refractivity contribution < 1.29 is 9.53 Å². The highest BCUT2D eigenvalue weighted by atomic mass is 35.5. The average Bonchev–Trinajstić information content (AvgIpc) is 3.31. The number of methoxy groups -OCH3 is 1. The molecule has 3 heterocycles. The van der Waals surface area contributed by atoms with Crippen molar-refractivity contribution in [3.05, 3.63) is 64.7 Å². The van der Waals surface area contributed by atoms with Crippen LogP contribution in [-0.4, -0.2) is 32.8 Å². The second-order valence-corrected chi connectivity index (χ2v) is 7.85. The van der Waals surface area contributed by atoms with Crippen LogP contribution in [-0.2, 0) is 13.6 Å². The summed E-state index contributed by atoms with van der Waals surface area (Å²) in [6.07, 6.45) is 3.39. The standard InChI is InChI=1S/C20H18ClN5O2S/c1-12-10-15(24-25(12)2)19(27)26(11-13-6-8-22-9-7-13)20-23-17-16(28-3)5-4-14(21)18(17)29-20/h4-10H,11H2,1-3H3. The smallest absolute Gasteiger partial charge is 0.280 e. The fraction of sp³-hybridized carbons (Fsp3) is 0.200. The number of amides is 1. The third kappa shape index (κ3) is 3.68. The van der Waals surface area contributed by atoms with E-state index in [9.17, 15) is 4.79 Å². The number of aryl methyl sites for hydroxylation is 2. The van der Waals surface area contributed by atoms with Crippen LogP contribution < -0.4 is 9.64 Å². The molecule has 0 unspecified atom stereocenters. The molecule has 0 fully saturated rings. The summed E-state index contributed by atoms with van der Waals surface area (Å²) in [5, 5.41) is 5.43. The highest BCUT2D eigenvalue weighted by molar-refractivity contribution is 7.23. The van der Waals surface area contributed by atoms with Crippen LogP contribution >= 0.6 is 22.9 Å². The van der Waals surface area contributed by atoms with E-state index in [1.54, 1.807) is 47.3 Å². The number of carbonyl (C=O) groups is 1. The van der Waals surface area contributed by atoms with Crippen LogP contribution in [0.1, 0.15) is 21.7 Å². The van der Waals surface area contributed by atoms with E-state index in [1.807, 2.05) is 26.1 Å². The van der Waals surface area contributed by atoms with Crippen molar-refractivity contribution >= 4 is 44.2 Å². The first-order valence-corrected chi connectivity index (χ1v) is 10.0. The zero-order chi connectivity index (χ0) is 20.5. The number of rotatable bonds is 5. The van der Waals surface area contributed by atoms with Gasteiger partial charge in [0.1, 0.15) is 11.3 Å². The van der Waals surface area contributed by atoms with Crippen LogP contribution in [0, 0.1) is 6.92 Å². The number of thiazole rings is 1. The molecule has 1 amide bonds. The number of fused-ring (bicyclic) bond motifs is 1. The van der Waals surface area contributed by atoms with E-state index in [-0.39, 0.29) is 5.91 Å². The van der Waals surface area contributed by atoms with Gasteiger partial charge in [-0.3, -0.25) is 19.4 Å². The van der Waals surface area contributed by atoms with Crippen LogP contribution in [0.15, 0.2) is 42.7 Å². The van der Waals surface area contributed by atoms with Crippen molar-refractivity contribution in [2.24, 2.45) is 7.05 Å². The van der Waals surface area contributed by atoms with Gasteiger partial charge in [0, 0.05) is 25.1 Å². The Morgan fingerprint density at radius 2 is 2.03 bits per heavy atom. The number of carbonyl (C=O) groups excluding carboxylic acids is 1. The average molecular weight is 428 g/mol. The molecule has 3 aromatic heterocycles. The van der Waals surface area contributed by atoms with E-state index in [0.29, 0.717) is 33.7 Å². The predicted octanol–water partition coefficient (Wildman–Crippen LogP) is 4.24. The molecule has 0 saturated heterocycles. The molecule has 0 N–H and O–H groups in total. The minimum Gasteiger partial charge on any atom is -0.494 e. The second kappa shape index (κ2) is 7.81. The van der Waals surface area contributed by atoms with Gasteiger partial charge in [0.15, 0.2) is 10.8 Å². The highest BCUT2D eigenvalue weighted by Crippen LogP contribution is 2.39. The fourth-order valence-electron chi connectivity index (χ4n) is 2.92. The first-order valence-electron chi connectivity index (χ1n) is 8.82. The Labute approximate surface area is 176 Å². The minimum atomic E-state index is -0.236. The van der Waals surface area contributed by atoms with Gasteiger partial charge in [-0.25, -0.2) is 4.98 Å². The molecule has 0 aliphatic rings. The van der Waals surface area contributed by atoms with E-state index in [4.69, 9.17) is 16.3 Å². The quantitative estimate of drug-likeness (QED) is 0.476. The Bertz CT molecular complexity index is 1170. The molecule has 0 saturated carbocycles. The van der Waals surface area contributed by atoms with E-state index >= 15 is 0 Å². The molecule has 4 rings (SSSR count). The lowest BCUT2D eigenvalue weighted by molar-refractivity contribution is 0.0979. The Morgan fingerprint density at radius 1 is 1.28 bits per heavy atom. The first-order chi connectivity index (χ1) is 14.0. The number of halogens is 1. The number of nitrogens with zero attached hydrogens (tertiary/aromatic N) is 5. The summed E-state index contributed by atoms with van der Waals surface area (Å²) in [6, 6.07) is 9.03. The summed E-state index contributed by atoms with van der Waals surface area (Å²) in [6.45, 7) is 2.23. The lowest BCUT2D eigenvalue weighted by atomic mass is 10.2. The van der Waals surface area contributed by atoms with E-state index in [1.165, 1.54) is 11.3 Å². The Balaban J connectivity index is 1.82. The molecular formula is C20H18ClN5O2S. The van der Waals surface area contributed by atoms with Crippen molar-refractivity contribution in [2.45, 2.75) is 13.5 Å². The fourth-order valence-corrected chi connectivity index (χ4v) is 4.18. The number of benzene rings is 1. The second-order valence-electron chi connectivity index (χ2n) is 6.47. The monoisotopic (exact) mass is 427 g/mol. The Kier molecular flexibility index (Phi) is 5.21. The zero-order valence-corrected chi connectivity index (χ0v) is 17.7. The molecular weight excluding hydrogens is 410 g/mol. The SMILES string of the molecule is COc1ccc(Cl)c2sc(N(Cc3ccncc3)C(=O)c3cc(C)n(C)n3)nc12. The maximum Gasteiger partial charge on any atom is 0.280 e. The largest absolute Gasteiger partial charge is 0.494 e. The van der Waals surface area contributed by atoms with E-state index < -0.39 is 0 Å². The predicted molar refractivity (Wildman–Crippen MR) is 114 cm³/mol. The number of anilines is 1. The summed E-state index contributed by atoms with van der Waals surface area (Å²) >= 11 is 7.72. The van der Waals surface area contributed by atoms with E-state index in [2.05, 4.69) is 15.1 Å². The number of aromatic nitrogens is 4. The molecule has 4 aromatic rings. The van der Waals surface area contributed by atoms with Gasteiger partial charge in [0.25, 0.3) is 5.91 Å². The summed E-state index contributed by atoms with van der Waals surface area (Å²) in [5.41, 5.74) is 2.81. The number of pyridine rings is 1. The summed E-state index contributed by atoms with van der Waals surface area (Å²) in [4.78, 5) is 23.7. The van der Waals surface area contributed by atoms with Crippen molar-refractivity contribution in [3.63, 3.8) is 0 Å². The molecule has 9 heteroatoms. The molecule has 0 spiro atoms. The van der Waals surface area contributed by atoms with Crippen LogP contribution in [0.5, 0.6) is 5.75 Å². The third-order valence-electron chi connectivity index (χ3n) is 4.57. The first kappa shape index (κ1) is 19.4. The number of hydrogen-bond acceptors (Lipinski definition) is 6. The Morgan fingerprint density at radius 3 is 2.69 bits per heavy atom. The van der Waals surface area contributed by atoms with Crippen LogP contribution in [0.3, 0.4) is 0 Å². The molecule has 0 atom stereocenters. The zero-order valence-electron chi connectivity index (χ0n) is 16.1. The molecule has 148 valence electrons. The van der Waals surface area contributed by atoms with Crippen molar-refractivity contribution in [2.75, 3.05) is 12.0 Å². The van der Waals surface area contributed by atoms with Crippen LogP contribution in [0.4, 0.5) is 5.13 Å². The lowest BCUT2D eigenvalue weighted by Crippen LogP contribution is -2.30. The molecule has 29 heavy (non-hydrogen) atoms. The summed E-state index contributed by atoms with van der Waals surface area (Å²) in [7, 11) is 3.39. The van der Waals surface area contributed by atoms with Crippen LogP contribution in [0.25, 0.3) is 10.2 Å². The number of ether oxygens (including phenoxy) is 1. The van der Waals surface area contributed by atoms with Gasteiger partial charge in [0.2, 0.25) is 0 Å². The van der Waals surface area contributed by atoms with Crippen molar-refractivity contribution in [3.8, 4) is 5.75 Å². The van der Waals surface area contributed by atoms with Gasteiger partial charge < -0.3 is 4.74 Å². The van der Waals surface area contributed by atoms with Crippen LogP contribution in [0.2, 0.25) is 5.02 Å². The van der Waals surface area contributed by atoms with Gasteiger partial charge in [-0.05, 0) is 42.8 Å². The van der Waals surface area contributed by atoms with Gasteiger partial charge in [-0.15, -0.1) is 0 Å². The molecule has 0 radical (unpaired) electrons.